The maximum atomic E-state index is 13.3. The van der Waals surface area contributed by atoms with E-state index in [1.807, 2.05) is 6.92 Å². The monoisotopic (exact) mass is 209 g/mol. The number of nitriles is 1. The highest BCUT2D eigenvalue weighted by atomic mass is 19.1. The third kappa shape index (κ3) is 2.76. The molecule has 1 rings (SSSR count). The van der Waals surface area contributed by atoms with Crippen molar-refractivity contribution in [3.05, 3.63) is 35.4 Å². The fourth-order valence-electron chi connectivity index (χ4n) is 1.34. The smallest absolute Gasteiger partial charge is 0.126 e. The lowest BCUT2D eigenvalue weighted by Gasteiger charge is -2.19. The standard InChI is InChI=1S/C12H13F2N/c1-3-12(2,8-15)7-9-6-10(13)4-5-11(9)14/h4-6H,3,7H2,1-2H3. The summed E-state index contributed by atoms with van der Waals surface area (Å²) in [6.07, 6.45) is 0.850. The van der Waals surface area contributed by atoms with E-state index in [9.17, 15) is 8.78 Å². The number of rotatable bonds is 3. The van der Waals surface area contributed by atoms with Crippen molar-refractivity contribution in [2.24, 2.45) is 5.41 Å². The summed E-state index contributed by atoms with van der Waals surface area (Å²) in [4.78, 5) is 0. The third-order valence-electron chi connectivity index (χ3n) is 2.64. The van der Waals surface area contributed by atoms with E-state index in [4.69, 9.17) is 5.26 Å². The predicted octanol–water partition coefficient (Wildman–Crippen LogP) is 3.45. The van der Waals surface area contributed by atoms with Crippen LogP contribution in [0, 0.1) is 28.4 Å². The molecule has 0 aliphatic heterocycles. The van der Waals surface area contributed by atoms with Gasteiger partial charge in [0, 0.05) is 0 Å². The number of hydrogen-bond donors (Lipinski definition) is 0. The lowest BCUT2D eigenvalue weighted by Crippen LogP contribution is -2.16. The third-order valence-corrected chi connectivity index (χ3v) is 2.64. The molecule has 15 heavy (non-hydrogen) atoms. The maximum Gasteiger partial charge on any atom is 0.126 e. The van der Waals surface area contributed by atoms with Gasteiger partial charge in [-0.15, -0.1) is 0 Å². The molecule has 80 valence electrons. The molecule has 0 heterocycles. The molecule has 0 aliphatic carbocycles. The number of halogens is 2. The SMILES string of the molecule is CCC(C)(C#N)Cc1cc(F)ccc1F. The summed E-state index contributed by atoms with van der Waals surface area (Å²) in [6.45, 7) is 3.61. The Kier molecular flexibility index (Phi) is 3.41. The maximum absolute atomic E-state index is 13.3. The molecular weight excluding hydrogens is 196 g/mol. The Morgan fingerprint density at radius 2 is 2.07 bits per heavy atom. The topological polar surface area (TPSA) is 23.8 Å². The number of benzene rings is 1. The van der Waals surface area contributed by atoms with Gasteiger partial charge in [0.2, 0.25) is 0 Å². The second-order valence-corrected chi connectivity index (χ2v) is 3.94. The molecule has 1 nitrogen and oxygen atoms in total. The van der Waals surface area contributed by atoms with Crippen molar-refractivity contribution >= 4 is 0 Å². The molecular formula is C12H13F2N. The summed E-state index contributed by atoms with van der Waals surface area (Å²) in [5, 5.41) is 8.94. The van der Waals surface area contributed by atoms with E-state index in [0.29, 0.717) is 6.42 Å². The minimum atomic E-state index is -0.630. The quantitative estimate of drug-likeness (QED) is 0.748. The van der Waals surface area contributed by atoms with Gasteiger partial charge in [-0.05, 0) is 43.5 Å². The van der Waals surface area contributed by atoms with Gasteiger partial charge in [0.1, 0.15) is 11.6 Å². The van der Waals surface area contributed by atoms with Gasteiger partial charge in [-0.1, -0.05) is 6.92 Å². The molecule has 1 aromatic carbocycles. The zero-order valence-electron chi connectivity index (χ0n) is 8.85. The first kappa shape index (κ1) is 11.6. The van der Waals surface area contributed by atoms with Crippen LogP contribution in [0.15, 0.2) is 18.2 Å². The molecule has 0 N–H and O–H groups in total. The molecule has 0 radical (unpaired) electrons. The second-order valence-electron chi connectivity index (χ2n) is 3.94. The zero-order valence-corrected chi connectivity index (χ0v) is 8.85. The molecule has 1 atom stereocenters. The fourth-order valence-corrected chi connectivity index (χ4v) is 1.34. The van der Waals surface area contributed by atoms with E-state index in [0.717, 1.165) is 18.2 Å². The van der Waals surface area contributed by atoms with Crippen LogP contribution < -0.4 is 0 Å². The van der Waals surface area contributed by atoms with Crippen molar-refractivity contribution in [1.82, 2.24) is 0 Å². The highest BCUT2D eigenvalue weighted by Gasteiger charge is 2.23. The van der Waals surface area contributed by atoms with Crippen LogP contribution in [-0.2, 0) is 6.42 Å². The largest absolute Gasteiger partial charge is 0.207 e. The molecule has 0 bridgehead atoms. The van der Waals surface area contributed by atoms with E-state index < -0.39 is 17.0 Å². The van der Waals surface area contributed by atoms with Crippen LogP contribution in [0.25, 0.3) is 0 Å². The van der Waals surface area contributed by atoms with Gasteiger partial charge in [0.05, 0.1) is 11.5 Å². The van der Waals surface area contributed by atoms with E-state index in [2.05, 4.69) is 6.07 Å². The fraction of sp³-hybridized carbons (Fsp3) is 0.417. The van der Waals surface area contributed by atoms with Crippen molar-refractivity contribution in [2.45, 2.75) is 26.7 Å². The summed E-state index contributed by atoms with van der Waals surface area (Å²) < 4.78 is 26.2. The van der Waals surface area contributed by atoms with Gasteiger partial charge in [-0.25, -0.2) is 8.78 Å². The molecule has 1 aromatic rings. The summed E-state index contributed by atoms with van der Waals surface area (Å²) in [6, 6.07) is 5.46. The van der Waals surface area contributed by atoms with Gasteiger partial charge in [0.25, 0.3) is 0 Å². The van der Waals surface area contributed by atoms with E-state index in [1.54, 1.807) is 6.92 Å². The molecule has 0 aromatic heterocycles. The van der Waals surface area contributed by atoms with Crippen LogP contribution in [0.2, 0.25) is 0 Å². The van der Waals surface area contributed by atoms with Gasteiger partial charge in [0.15, 0.2) is 0 Å². The molecule has 0 fully saturated rings. The lowest BCUT2D eigenvalue weighted by molar-refractivity contribution is 0.412. The summed E-state index contributed by atoms with van der Waals surface area (Å²) in [5.41, 5.74) is -0.366. The van der Waals surface area contributed by atoms with E-state index in [-0.39, 0.29) is 12.0 Å². The highest BCUT2D eigenvalue weighted by Crippen LogP contribution is 2.26. The van der Waals surface area contributed by atoms with Crippen LogP contribution in [0.1, 0.15) is 25.8 Å². The summed E-state index contributed by atoms with van der Waals surface area (Å²) in [7, 11) is 0. The normalized spacial score (nSPS) is 14.3. The molecule has 0 amide bonds. The van der Waals surface area contributed by atoms with E-state index >= 15 is 0 Å². The molecule has 0 saturated carbocycles. The minimum absolute atomic E-state index is 0.240. The Balaban J connectivity index is 2.99. The van der Waals surface area contributed by atoms with Crippen molar-refractivity contribution < 1.29 is 8.78 Å². The first-order valence-electron chi connectivity index (χ1n) is 4.86. The predicted molar refractivity (Wildman–Crippen MR) is 54.1 cm³/mol. The van der Waals surface area contributed by atoms with Crippen LogP contribution >= 0.6 is 0 Å². The molecule has 1 unspecified atom stereocenters. The van der Waals surface area contributed by atoms with Crippen LogP contribution in [-0.4, -0.2) is 0 Å². The lowest BCUT2D eigenvalue weighted by atomic mass is 9.82. The molecule has 0 spiro atoms. The van der Waals surface area contributed by atoms with Crippen LogP contribution in [0.4, 0.5) is 8.78 Å². The van der Waals surface area contributed by atoms with Crippen molar-refractivity contribution in [3.8, 4) is 6.07 Å². The molecule has 0 aliphatic rings. The Bertz CT molecular complexity index is 395. The second kappa shape index (κ2) is 4.39. The summed E-state index contributed by atoms with van der Waals surface area (Å²) >= 11 is 0. The molecule has 0 saturated heterocycles. The van der Waals surface area contributed by atoms with Gasteiger partial charge in [-0.3, -0.25) is 0 Å². The van der Waals surface area contributed by atoms with Crippen LogP contribution in [0.3, 0.4) is 0 Å². The summed E-state index contributed by atoms with van der Waals surface area (Å²) in [5.74, 6) is -0.922. The Labute approximate surface area is 88.3 Å². The Morgan fingerprint density at radius 3 is 2.60 bits per heavy atom. The highest BCUT2D eigenvalue weighted by molar-refractivity contribution is 5.21. The van der Waals surface area contributed by atoms with Crippen molar-refractivity contribution in [3.63, 3.8) is 0 Å². The number of nitrogens with zero attached hydrogens (tertiary/aromatic N) is 1. The van der Waals surface area contributed by atoms with Crippen molar-refractivity contribution in [2.75, 3.05) is 0 Å². The van der Waals surface area contributed by atoms with Gasteiger partial charge < -0.3 is 0 Å². The van der Waals surface area contributed by atoms with Gasteiger partial charge in [-0.2, -0.15) is 5.26 Å². The zero-order chi connectivity index (χ0) is 11.5. The molecule has 3 heteroatoms. The van der Waals surface area contributed by atoms with Gasteiger partial charge >= 0.3 is 0 Å². The first-order chi connectivity index (χ1) is 7.00. The minimum Gasteiger partial charge on any atom is -0.207 e. The van der Waals surface area contributed by atoms with E-state index in [1.165, 1.54) is 0 Å². The Hall–Kier alpha value is -1.43. The van der Waals surface area contributed by atoms with Crippen molar-refractivity contribution in [1.29, 1.82) is 5.26 Å². The average molecular weight is 209 g/mol. The first-order valence-corrected chi connectivity index (χ1v) is 4.86. The van der Waals surface area contributed by atoms with Crippen LogP contribution in [0.5, 0.6) is 0 Å². The number of hydrogen-bond acceptors (Lipinski definition) is 1. The Morgan fingerprint density at radius 1 is 1.40 bits per heavy atom. The average Bonchev–Trinajstić information content (AvgIpc) is 2.23.